The van der Waals surface area contributed by atoms with Gasteiger partial charge in [-0.05, 0) is 67.2 Å². The molecule has 0 bridgehead atoms. The van der Waals surface area contributed by atoms with Gasteiger partial charge in [-0.15, -0.1) is 0 Å². The molecule has 3 aromatic carbocycles. The molecule has 166 valence electrons. The second-order valence-electron chi connectivity index (χ2n) is 7.92. The summed E-state index contributed by atoms with van der Waals surface area (Å²) in [5.41, 5.74) is 2.53. The van der Waals surface area contributed by atoms with Gasteiger partial charge in [0.25, 0.3) is 5.91 Å². The van der Waals surface area contributed by atoms with E-state index in [0.29, 0.717) is 35.2 Å². The van der Waals surface area contributed by atoms with Gasteiger partial charge in [-0.3, -0.25) is 9.69 Å². The highest BCUT2D eigenvalue weighted by Crippen LogP contribution is 2.27. The molecule has 32 heavy (non-hydrogen) atoms. The van der Waals surface area contributed by atoms with Gasteiger partial charge in [0, 0.05) is 36.4 Å². The second kappa shape index (κ2) is 9.59. The Morgan fingerprint density at radius 1 is 1.06 bits per heavy atom. The fourth-order valence-electron chi connectivity index (χ4n) is 3.63. The number of anilines is 2. The Hall–Kier alpha value is -3.09. The summed E-state index contributed by atoms with van der Waals surface area (Å²) in [4.78, 5) is 18.5. The SMILES string of the molecule is CN1CCN(c2ccc(N(C)C(=O)c3ccc(COc4ccc(Cl)cc4)cc3)cc2F)C1. The lowest BCUT2D eigenvalue weighted by atomic mass is 10.1. The zero-order valence-electron chi connectivity index (χ0n) is 18.1. The van der Waals surface area contributed by atoms with E-state index in [4.69, 9.17) is 16.3 Å². The molecular formula is C25H25ClFN3O2. The molecule has 0 radical (unpaired) electrons. The molecule has 1 heterocycles. The largest absolute Gasteiger partial charge is 0.489 e. The van der Waals surface area contributed by atoms with Crippen LogP contribution in [0.3, 0.4) is 0 Å². The number of nitrogens with zero attached hydrogens (tertiary/aromatic N) is 3. The highest BCUT2D eigenvalue weighted by molar-refractivity contribution is 6.30. The number of halogens is 2. The first kappa shape index (κ1) is 22.1. The van der Waals surface area contributed by atoms with Crippen molar-refractivity contribution in [3.05, 3.63) is 88.7 Å². The lowest BCUT2D eigenvalue weighted by Crippen LogP contribution is -2.27. The fourth-order valence-corrected chi connectivity index (χ4v) is 3.76. The highest BCUT2D eigenvalue weighted by Gasteiger charge is 2.21. The van der Waals surface area contributed by atoms with Gasteiger partial charge in [-0.1, -0.05) is 23.7 Å². The standard InChI is InChI=1S/C25H25ClFN3O2/c1-28-13-14-30(17-28)24-12-9-21(15-23(24)27)29(2)25(31)19-5-3-18(4-6-19)16-32-22-10-7-20(26)8-11-22/h3-12,15H,13-14,16-17H2,1-2H3. The summed E-state index contributed by atoms with van der Waals surface area (Å²) in [5.74, 6) is 0.190. The third kappa shape index (κ3) is 5.03. The minimum absolute atomic E-state index is 0.205. The normalized spacial score (nSPS) is 13.9. The van der Waals surface area contributed by atoms with E-state index in [-0.39, 0.29) is 11.7 Å². The van der Waals surface area contributed by atoms with Crippen molar-refractivity contribution in [2.24, 2.45) is 0 Å². The van der Waals surface area contributed by atoms with E-state index in [9.17, 15) is 9.18 Å². The van der Waals surface area contributed by atoms with E-state index >= 15 is 0 Å². The van der Waals surface area contributed by atoms with E-state index in [1.165, 1.54) is 11.0 Å². The number of amides is 1. The molecule has 1 aliphatic heterocycles. The maximum atomic E-state index is 14.7. The zero-order chi connectivity index (χ0) is 22.7. The molecule has 5 nitrogen and oxygen atoms in total. The predicted molar refractivity (Wildman–Crippen MR) is 126 cm³/mol. The van der Waals surface area contributed by atoms with Crippen LogP contribution in [-0.2, 0) is 6.61 Å². The van der Waals surface area contributed by atoms with Crippen LogP contribution in [0.5, 0.6) is 5.75 Å². The minimum atomic E-state index is -0.327. The number of hydrogen-bond acceptors (Lipinski definition) is 4. The minimum Gasteiger partial charge on any atom is -0.489 e. The van der Waals surface area contributed by atoms with Gasteiger partial charge in [-0.25, -0.2) is 4.39 Å². The summed E-state index contributed by atoms with van der Waals surface area (Å²) in [5, 5.41) is 0.655. The molecule has 3 aromatic rings. The van der Waals surface area contributed by atoms with Crippen LogP contribution in [0.25, 0.3) is 0 Å². The van der Waals surface area contributed by atoms with Crippen molar-refractivity contribution >= 4 is 28.9 Å². The Bertz CT molecular complexity index is 1090. The van der Waals surface area contributed by atoms with Crippen LogP contribution in [0.1, 0.15) is 15.9 Å². The number of rotatable bonds is 6. The van der Waals surface area contributed by atoms with Gasteiger partial charge >= 0.3 is 0 Å². The Morgan fingerprint density at radius 2 is 1.78 bits per heavy atom. The van der Waals surface area contributed by atoms with Crippen LogP contribution in [0.15, 0.2) is 66.7 Å². The first-order valence-corrected chi connectivity index (χ1v) is 10.8. The van der Waals surface area contributed by atoms with Crippen LogP contribution < -0.4 is 14.5 Å². The van der Waals surface area contributed by atoms with Gasteiger partial charge in [-0.2, -0.15) is 0 Å². The number of likely N-dealkylation sites (N-methyl/N-ethyl adjacent to an activating group) is 1. The van der Waals surface area contributed by atoms with Gasteiger partial charge in [0.05, 0.1) is 12.4 Å². The third-order valence-electron chi connectivity index (χ3n) is 5.55. The van der Waals surface area contributed by atoms with Crippen LogP contribution in [0.2, 0.25) is 5.02 Å². The molecular weight excluding hydrogens is 429 g/mol. The van der Waals surface area contributed by atoms with Crippen molar-refractivity contribution in [3.63, 3.8) is 0 Å². The molecule has 0 aliphatic carbocycles. The molecule has 0 spiro atoms. The highest BCUT2D eigenvalue weighted by atomic mass is 35.5. The van der Waals surface area contributed by atoms with Crippen molar-refractivity contribution in [3.8, 4) is 5.75 Å². The topological polar surface area (TPSA) is 36.0 Å². The summed E-state index contributed by atoms with van der Waals surface area (Å²) in [6.45, 7) is 2.76. The van der Waals surface area contributed by atoms with Crippen molar-refractivity contribution in [2.75, 3.05) is 43.7 Å². The molecule has 1 aliphatic rings. The van der Waals surface area contributed by atoms with Gasteiger partial charge < -0.3 is 14.5 Å². The van der Waals surface area contributed by atoms with E-state index in [2.05, 4.69) is 4.90 Å². The van der Waals surface area contributed by atoms with E-state index < -0.39 is 0 Å². The molecule has 7 heteroatoms. The molecule has 0 saturated carbocycles. The smallest absolute Gasteiger partial charge is 0.258 e. The average Bonchev–Trinajstić information content (AvgIpc) is 3.24. The monoisotopic (exact) mass is 453 g/mol. The molecule has 0 N–H and O–H groups in total. The summed E-state index contributed by atoms with van der Waals surface area (Å²) < 4.78 is 20.5. The molecule has 1 saturated heterocycles. The van der Waals surface area contributed by atoms with Crippen molar-refractivity contribution < 1.29 is 13.9 Å². The van der Waals surface area contributed by atoms with E-state index in [1.807, 2.05) is 36.2 Å². The maximum absolute atomic E-state index is 14.7. The third-order valence-corrected chi connectivity index (χ3v) is 5.80. The number of ether oxygens (including phenoxy) is 1. The van der Waals surface area contributed by atoms with Gasteiger partial charge in [0.2, 0.25) is 0 Å². The van der Waals surface area contributed by atoms with E-state index in [1.54, 1.807) is 43.4 Å². The predicted octanol–water partition coefficient (Wildman–Crippen LogP) is 5.04. The number of hydrogen-bond donors (Lipinski definition) is 0. The molecule has 0 aromatic heterocycles. The number of benzene rings is 3. The number of carbonyl (C=O) groups excluding carboxylic acids is 1. The number of carbonyl (C=O) groups is 1. The van der Waals surface area contributed by atoms with Crippen LogP contribution in [0, 0.1) is 5.82 Å². The first-order chi connectivity index (χ1) is 15.4. The summed E-state index contributed by atoms with van der Waals surface area (Å²) in [6.07, 6.45) is 0. The lowest BCUT2D eigenvalue weighted by Gasteiger charge is -2.22. The van der Waals surface area contributed by atoms with Crippen molar-refractivity contribution in [1.29, 1.82) is 0 Å². The molecule has 0 atom stereocenters. The van der Waals surface area contributed by atoms with Crippen molar-refractivity contribution in [1.82, 2.24) is 4.90 Å². The van der Waals surface area contributed by atoms with Gasteiger partial charge in [0.15, 0.2) is 0 Å². The lowest BCUT2D eigenvalue weighted by molar-refractivity contribution is 0.0993. The van der Waals surface area contributed by atoms with Crippen LogP contribution >= 0.6 is 11.6 Å². The Balaban J connectivity index is 1.40. The zero-order valence-corrected chi connectivity index (χ0v) is 18.8. The Kier molecular flexibility index (Phi) is 6.63. The maximum Gasteiger partial charge on any atom is 0.258 e. The average molecular weight is 454 g/mol. The first-order valence-electron chi connectivity index (χ1n) is 10.4. The summed E-state index contributed by atoms with van der Waals surface area (Å²) in [7, 11) is 3.66. The Labute approximate surface area is 192 Å². The Morgan fingerprint density at radius 3 is 2.41 bits per heavy atom. The molecule has 1 fully saturated rings. The molecule has 1 amide bonds. The molecule has 4 rings (SSSR count). The van der Waals surface area contributed by atoms with Crippen LogP contribution in [0.4, 0.5) is 15.8 Å². The quantitative estimate of drug-likeness (QED) is 0.523. The van der Waals surface area contributed by atoms with Crippen LogP contribution in [-0.4, -0.2) is 44.7 Å². The van der Waals surface area contributed by atoms with E-state index in [0.717, 1.165) is 24.4 Å². The van der Waals surface area contributed by atoms with Gasteiger partial charge in [0.1, 0.15) is 18.2 Å². The van der Waals surface area contributed by atoms with Crippen molar-refractivity contribution in [2.45, 2.75) is 6.61 Å². The summed E-state index contributed by atoms with van der Waals surface area (Å²) >= 11 is 5.88. The second-order valence-corrected chi connectivity index (χ2v) is 8.36. The summed E-state index contributed by atoms with van der Waals surface area (Å²) in [6, 6.07) is 19.3. The molecule has 0 unspecified atom stereocenters. The fraction of sp³-hybridized carbons (Fsp3) is 0.240.